The summed E-state index contributed by atoms with van der Waals surface area (Å²) in [6.45, 7) is 0.721. The van der Waals surface area contributed by atoms with E-state index in [2.05, 4.69) is 10.3 Å². The Kier molecular flexibility index (Phi) is 2.83. The predicted octanol–water partition coefficient (Wildman–Crippen LogP) is 1.96. The van der Waals surface area contributed by atoms with Crippen LogP contribution in [-0.2, 0) is 0 Å². The quantitative estimate of drug-likeness (QED) is 0.744. The van der Waals surface area contributed by atoms with Gasteiger partial charge in [-0.25, -0.2) is 0 Å². The van der Waals surface area contributed by atoms with Crippen LogP contribution in [0.4, 0.5) is 0 Å². The topological polar surface area (TPSA) is 44.9 Å². The van der Waals surface area contributed by atoms with E-state index in [1.165, 1.54) is 0 Å². The number of aromatic nitrogens is 1. The number of fused-ring (bicyclic) bond motifs is 1. The average Bonchev–Trinajstić information content (AvgIpc) is 2.69. The SMILES string of the molecule is CNCCC(=O)c1c[nH]c2ccccc12. The summed E-state index contributed by atoms with van der Waals surface area (Å²) < 4.78 is 0. The molecule has 2 aromatic rings. The van der Waals surface area contributed by atoms with Crippen LogP contribution in [0, 0.1) is 0 Å². The number of Topliss-reactive ketones (excluding diaryl/α,β-unsaturated/α-hetero) is 1. The highest BCUT2D eigenvalue weighted by molar-refractivity contribution is 6.07. The minimum absolute atomic E-state index is 0.182. The second-order valence-corrected chi connectivity index (χ2v) is 3.52. The number of carbonyl (C=O) groups excluding carboxylic acids is 1. The molecule has 78 valence electrons. The van der Waals surface area contributed by atoms with Crippen LogP contribution < -0.4 is 5.32 Å². The fraction of sp³-hybridized carbons (Fsp3) is 0.250. The van der Waals surface area contributed by atoms with Crippen LogP contribution in [0.5, 0.6) is 0 Å². The van der Waals surface area contributed by atoms with Crippen LogP contribution >= 0.6 is 0 Å². The van der Waals surface area contributed by atoms with E-state index in [4.69, 9.17) is 0 Å². The Bertz CT molecular complexity index is 473. The maximum absolute atomic E-state index is 11.8. The summed E-state index contributed by atoms with van der Waals surface area (Å²) in [4.78, 5) is 14.9. The van der Waals surface area contributed by atoms with Crippen LogP contribution in [0.25, 0.3) is 10.9 Å². The standard InChI is InChI=1S/C12H14N2O/c1-13-7-6-12(15)10-8-14-11-5-3-2-4-9(10)11/h2-5,8,13-14H,6-7H2,1H3. The number of para-hydroxylation sites is 1. The second-order valence-electron chi connectivity index (χ2n) is 3.52. The van der Waals surface area contributed by atoms with E-state index in [-0.39, 0.29) is 5.78 Å². The lowest BCUT2D eigenvalue weighted by molar-refractivity contribution is 0.0985. The molecule has 0 radical (unpaired) electrons. The van der Waals surface area contributed by atoms with Crippen molar-refractivity contribution in [2.24, 2.45) is 0 Å². The van der Waals surface area contributed by atoms with Crippen molar-refractivity contribution in [3.8, 4) is 0 Å². The number of H-pyrrole nitrogens is 1. The Morgan fingerprint density at radius 3 is 3.00 bits per heavy atom. The van der Waals surface area contributed by atoms with E-state index in [0.717, 1.165) is 23.0 Å². The first-order valence-corrected chi connectivity index (χ1v) is 5.07. The summed E-state index contributed by atoms with van der Waals surface area (Å²) in [7, 11) is 1.85. The lowest BCUT2D eigenvalue weighted by Crippen LogP contribution is -2.12. The number of benzene rings is 1. The zero-order chi connectivity index (χ0) is 10.7. The molecule has 0 unspecified atom stereocenters. The molecule has 0 saturated heterocycles. The van der Waals surface area contributed by atoms with Crippen molar-refractivity contribution < 1.29 is 4.79 Å². The number of aromatic amines is 1. The summed E-state index contributed by atoms with van der Waals surface area (Å²) in [5, 5.41) is 3.99. The third-order valence-corrected chi connectivity index (χ3v) is 2.49. The average molecular weight is 202 g/mol. The number of rotatable bonds is 4. The predicted molar refractivity (Wildman–Crippen MR) is 61.2 cm³/mol. The minimum atomic E-state index is 0.182. The molecule has 0 aliphatic rings. The van der Waals surface area contributed by atoms with Gasteiger partial charge in [0.25, 0.3) is 0 Å². The van der Waals surface area contributed by atoms with Gasteiger partial charge in [0.2, 0.25) is 0 Å². The molecule has 0 aliphatic carbocycles. The largest absolute Gasteiger partial charge is 0.360 e. The first-order valence-electron chi connectivity index (χ1n) is 5.07. The molecular weight excluding hydrogens is 188 g/mol. The van der Waals surface area contributed by atoms with Gasteiger partial charge in [-0.15, -0.1) is 0 Å². The molecule has 0 atom stereocenters. The van der Waals surface area contributed by atoms with Gasteiger partial charge in [-0.1, -0.05) is 18.2 Å². The Morgan fingerprint density at radius 2 is 2.20 bits per heavy atom. The fourth-order valence-corrected chi connectivity index (χ4v) is 1.68. The van der Waals surface area contributed by atoms with Gasteiger partial charge >= 0.3 is 0 Å². The maximum Gasteiger partial charge on any atom is 0.166 e. The van der Waals surface area contributed by atoms with Crippen molar-refractivity contribution in [2.75, 3.05) is 13.6 Å². The molecule has 0 saturated carbocycles. The molecule has 2 N–H and O–H groups in total. The van der Waals surface area contributed by atoms with E-state index < -0.39 is 0 Å². The molecule has 1 aromatic carbocycles. The van der Waals surface area contributed by atoms with Crippen molar-refractivity contribution >= 4 is 16.7 Å². The minimum Gasteiger partial charge on any atom is -0.360 e. The monoisotopic (exact) mass is 202 g/mol. The normalized spacial score (nSPS) is 10.7. The number of hydrogen-bond acceptors (Lipinski definition) is 2. The van der Waals surface area contributed by atoms with Gasteiger partial charge in [-0.3, -0.25) is 4.79 Å². The molecule has 0 amide bonds. The number of carbonyl (C=O) groups is 1. The third kappa shape index (κ3) is 1.92. The molecule has 1 aromatic heterocycles. The molecular formula is C12H14N2O. The number of nitrogens with one attached hydrogen (secondary N) is 2. The molecule has 0 spiro atoms. The van der Waals surface area contributed by atoms with Crippen LogP contribution in [0.3, 0.4) is 0 Å². The molecule has 15 heavy (non-hydrogen) atoms. The molecule has 0 aliphatic heterocycles. The zero-order valence-electron chi connectivity index (χ0n) is 8.71. The summed E-state index contributed by atoms with van der Waals surface area (Å²) in [6.07, 6.45) is 2.33. The summed E-state index contributed by atoms with van der Waals surface area (Å²) in [5.74, 6) is 0.182. The van der Waals surface area contributed by atoms with Gasteiger partial charge < -0.3 is 10.3 Å². The highest BCUT2D eigenvalue weighted by Crippen LogP contribution is 2.18. The maximum atomic E-state index is 11.8. The highest BCUT2D eigenvalue weighted by atomic mass is 16.1. The second kappa shape index (κ2) is 4.28. The first-order chi connectivity index (χ1) is 7.33. The fourth-order valence-electron chi connectivity index (χ4n) is 1.68. The Labute approximate surface area is 88.5 Å². The van der Waals surface area contributed by atoms with Gasteiger partial charge in [-0.2, -0.15) is 0 Å². The van der Waals surface area contributed by atoms with E-state index in [1.54, 1.807) is 6.20 Å². The summed E-state index contributed by atoms with van der Waals surface area (Å²) in [5.41, 5.74) is 1.81. The number of ketones is 1. The Hall–Kier alpha value is -1.61. The lowest BCUT2D eigenvalue weighted by atomic mass is 10.1. The molecule has 0 bridgehead atoms. The van der Waals surface area contributed by atoms with E-state index >= 15 is 0 Å². The van der Waals surface area contributed by atoms with Gasteiger partial charge in [0, 0.05) is 35.6 Å². The smallest absolute Gasteiger partial charge is 0.166 e. The van der Waals surface area contributed by atoms with Crippen molar-refractivity contribution in [1.82, 2.24) is 10.3 Å². The van der Waals surface area contributed by atoms with Crippen LogP contribution in [0.15, 0.2) is 30.5 Å². The Morgan fingerprint density at radius 1 is 1.40 bits per heavy atom. The molecule has 2 rings (SSSR count). The van der Waals surface area contributed by atoms with Crippen molar-refractivity contribution in [3.05, 3.63) is 36.0 Å². The van der Waals surface area contributed by atoms with Gasteiger partial charge in [0.15, 0.2) is 5.78 Å². The van der Waals surface area contributed by atoms with E-state index in [0.29, 0.717) is 6.42 Å². The van der Waals surface area contributed by atoms with Crippen LogP contribution in [0.2, 0.25) is 0 Å². The third-order valence-electron chi connectivity index (χ3n) is 2.49. The lowest BCUT2D eigenvalue weighted by Gasteiger charge is -1.98. The van der Waals surface area contributed by atoms with Gasteiger partial charge in [0.05, 0.1) is 0 Å². The zero-order valence-corrected chi connectivity index (χ0v) is 8.71. The van der Waals surface area contributed by atoms with Crippen molar-refractivity contribution in [3.63, 3.8) is 0 Å². The molecule has 3 nitrogen and oxygen atoms in total. The van der Waals surface area contributed by atoms with Crippen molar-refractivity contribution in [1.29, 1.82) is 0 Å². The molecule has 3 heteroatoms. The first kappa shape index (κ1) is 9.93. The van der Waals surface area contributed by atoms with Crippen LogP contribution in [0.1, 0.15) is 16.8 Å². The summed E-state index contributed by atoms with van der Waals surface area (Å²) >= 11 is 0. The highest BCUT2D eigenvalue weighted by Gasteiger charge is 2.10. The van der Waals surface area contributed by atoms with Crippen molar-refractivity contribution in [2.45, 2.75) is 6.42 Å². The van der Waals surface area contributed by atoms with Gasteiger partial charge in [0.1, 0.15) is 0 Å². The van der Waals surface area contributed by atoms with E-state index in [1.807, 2.05) is 31.3 Å². The molecule has 1 heterocycles. The molecule has 0 fully saturated rings. The Balaban J connectivity index is 2.31. The van der Waals surface area contributed by atoms with Gasteiger partial charge in [-0.05, 0) is 13.1 Å². The van der Waals surface area contributed by atoms with Crippen LogP contribution in [-0.4, -0.2) is 24.4 Å². The summed E-state index contributed by atoms with van der Waals surface area (Å²) in [6, 6.07) is 7.86. The van der Waals surface area contributed by atoms with E-state index in [9.17, 15) is 4.79 Å². The number of hydrogen-bond donors (Lipinski definition) is 2.